The highest BCUT2D eigenvalue weighted by Crippen LogP contribution is 2.60. The van der Waals surface area contributed by atoms with Gasteiger partial charge in [-0.15, -0.1) is 0 Å². The molecule has 4 heterocycles. The normalized spacial score (nSPS) is 30.0. The first-order chi connectivity index (χ1) is 16.3. The fraction of sp³-hybridized carbons (Fsp3) is 0.308. The number of fused-ring (bicyclic) bond motifs is 6. The molecule has 3 amide bonds. The molecule has 0 N–H and O–H groups in total. The highest BCUT2D eigenvalue weighted by Gasteiger charge is 2.83. The van der Waals surface area contributed by atoms with E-state index in [0.29, 0.717) is 12.2 Å². The quantitative estimate of drug-likeness (QED) is 0.434. The fourth-order valence-corrected chi connectivity index (χ4v) is 6.08. The molecule has 0 spiro atoms. The van der Waals surface area contributed by atoms with Gasteiger partial charge in [0.05, 0.1) is 5.69 Å². The Morgan fingerprint density at radius 3 is 2.35 bits per heavy atom. The molecule has 2 bridgehead atoms. The van der Waals surface area contributed by atoms with Crippen LogP contribution in [0.5, 0.6) is 0 Å². The summed E-state index contributed by atoms with van der Waals surface area (Å²) in [5, 5.41) is 1.07. The Morgan fingerprint density at radius 1 is 0.941 bits per heavy atom. The third-order valence-corrected chi connectivity index (χ3v) is 7.69. The minimum Gasteiger partial charge on any atom is -0.347 e. The second kappa shape index (κ2) is 6.87. The van der Waals surface area contributed by atoms with Gasteiger partial charge in [0.2, 0.25) is 17.4 Å². The molecule has 3 aliphatic heterocycles. The van der Waals surface area contributed by atoms with Crippen LogP contribution in [0.15, 0.2) is 66.9 Å². The van der Waals surface area contributed by atoms with E-state index in [1.807, 2.05) is 41.1 Å². The number of likely N-dealkylation sites (N-methyl/N-ethyl adjacent to an activating group) is 1. The lowest BCUT2D eigenvalue weighted by Gasteiger charge is -2.38. The number of nitrogens with zero attached hydrogens (tertiary/aromatic N) is 3. The zero-order chi connectivity index (χ0) is 23.8. The van der Waals surface area contributed by atoms with Crippen molar-refractivity contribution in [1.82, 2.24) is 9.47 Å². The molecule has 8 nitrogen and oxygen atoms in total. The number of hydrogen-bond donors (Lipinski definition) is 0. The number of carbonyl (C=O) groups is 4. The fourth-order valence-electron chi connectivity index (χ4n) is 6.08. The number of para-hydroxylation sites is 2. The van der Waals surface area contributed by atoms with Crippen molar-refractivity contribution in [3.05, 3.63) is 66.9 Å². The molecule has 4 atom stereocenters. The van der Waals surface area contributed by atoms with Gasteiger partial charge in [-0.25, -0.2) is 4.90 Å². The van der Waals surface area contributed by atoms with Gasteiger partial charge < -0.3 is 14.2 Å². The zero-order valence-corrected chi connectivity index (χ0v) is 18.8. The van der Waals surface area contributed by atoms with E-state index in [2.05, 4.69) is 0 Å². The molecule has 0 aliphatic carbocycles. The number of Topliss-reactive ketones (excluding diaryl/α,β-unsaturated/α-hetero) is 1. The number of ether oxygens (including phenoxy) is 1. The van der Waals surface area contributed by atoms with Crippen LogP contribution >= 0.6 is 0 Å². The first-order valence-electron chi connectivity index (χ1n) is 11.3. The average Bonchev–Trinajstić information content (AvgIpc) is 3.53. The number of ketones is 1. The predicted molar refractivity (Wildman–Crippen MR) is 122 cm³/mol. The average molecular weight is 457 g/mol. The summed E-state index contributed by atoms with van der Waals surface area (Å²) >= 11 is 0. The van der Waals surface area contributed by atoms with Crippen LogP contribution in [-0.2, 0) is 30.5 Å². The molecule has 6 rings (SSSR count). The smallest absolute Gasteiger partial charge is 0.265 e. The van der Waals surface area contributed by atoms with E-state index in [4.69, 9.17) is 4.74 Å². The number of amides is 3. The standard InChI is InChI=1S/C26H23N3O5/c1-16(30)26-21-20(22(31)29(23(21)32)18-9-4-3-5-10-18)25(34-26,27(2)24(26)33)13-15-28-14-12-17-8-6-7-11-19(17)28/h3-12,14,20-21H,13,15H2,1-2H3. The third-order valence-electron chi connectivity index (χ3n) is 7.69. The Bertz CT molecular complexity index is 1380. The summed E-state index contributed by atoms with van der Waals surface area (Å²) in [5.41, 5.74) is -1.94. The van der Waals surface area contributed by atoms with Crippen molar-refractivity contribution < 1.29 is 23.9 Å². The molecule has 34 heavy (non-hydrogen) atoms. The monoisotopic (exact) mass is 457 g/mol. The van der Waals surface area contributed by atoms with Crippen LogP contribution in [0.25, 0.3) is 10.9 Å². The lowest BCUT2D eigenvalue weighted by molar-refractivity contribution is -0.156. The molecule has 2 aromatic carbocycles. The topological polar surface area (TPSA) is 88.9 Å². The largest absolute Gasteiger partial charge is 0.347 e. The van der Waals surface area contributed by atoms with E-state index in [9.17, 15) is 19.2 Å². The first-order valence-corrected chi connectivity index (χ1v) is 11.3. The number of piperidine rings is 1. The van der Waals surface area contributed by atoms with Crippen molar-refractivity contribution in [3.8, 4) is 0 Å². The van der Waals surface area contributed by atoms with Crippen molar-refractivity contribution >= 4 is 40.1 Å². The van der Waals surface area contributed by atoms with Gasteiger partial charge in [0.1, 0.15) is 11.8 Å². The second-order valence-electron chi connectivity index (χ2n) is 9.22. The van der Waals surface area contributed by atoms with Crippen molar-refractivity contribution in [2.24, 2.45) is 11.8 Å². The van der Waals surface area contributed by atoms with Gasteiger partial charge in [-0.3, -0.25) is 19.2 Å². The lowest BCUT2D eigenvalue weighted by atomic mass is 9.72. The Balaban J connectivity index is 1.45. The highest BCUT2D eigenvalue weighted by atomic mass is 16.6. The van der Waals surface area contributed by atoms with Crippen LogP contribution in [0.3, 0.4) is 0 Å². The van der Waals surface area contributed by atoms with E-state index in [0.717, 1.165) is 15.8 Å². The number of aromatic nitrogens is 1. The molecule has 3 fully saturated rings. The summed E-state index contributed by atoms with van der Waals surface area (Å²) in [5.74, 6) is -4.26. The van der Waals surface area contributed by atoms with Gasteiger partial charge in [-0.05, 0) is 36.6 Å². The molecular formula is C26H23N3O5. The maximum absolute atomic E-state index is 13.8. The van der Waals surface area contributed by atoms with Crippen molar-refractivity contribution in [2.75, 3.05) is 11.9 Å². The number of imide groups is 1. The predicted octanol–water partition coefficient (Wildman–Crippen LogP) is 2.36. The number of rotatable bonds is 5. The van der Waals surface area contributed by atoms with E-state index in [-0.39, 0.29) is 6.42 Å². The minimum atomic E-state index is -1.98. The van der Waals surface area contributed by atoms with E-state index in [1.54, 1.807) is 37.4 Å². The summed E-state index contributed by atoms with van der Waals surface area (Å²) in [6.07, 6.45) is 2.20. The number of anilines is 1. The zero-order valence-electron chi connectivity index (χ0n) is 18.8. The van der Waals surface area contributed by atoms with E-state index >= 15 is 0 Å². The van der Waals surface area contributed by atoms with Crippen LogP contribution in [0.1, 0.15) is 13.3 Å². The summed E-state index contributed by atoms with van der Waals surface area (Å²) in [7, 11) is 1.56. The van der Waals surface area contributed by atoms with Crippen LogP contribution in [0.2, 0.25) is 0 Å². The molecule has 3 saturated heterocycles. The van der Waals surface area contributed by atoms with Gasteiger partial charge in [-0.1, -0.05) is 36.4 Å². The molecular weight excluding hydrogens is 434 g/mol. The van der Waals surface area contributed by atoms with Gasteiger partial charge >= 0.3 is 0 Å². The molecule has 8 heteroatoms. The molecule has 3 aliphatic rings. The number of carbonyl (C=O) groups excluding carboxylic acids is 4. The van der Waals surface area contributed by atoms with E-state index in [1.165, 1.54) is 11.8 Å². The molecule has 172 valence electrons. The third kappa shape index (κ3) is 2.36. The molecule has 0 radical (unpaired) electrons. The first kappa shape index (κ1) is 20.8. The van der Waals surface area contributed by atoms with Crippen LogP contribution in [0.4, 0.5) is 5.69 Å². The molecule has 0 saturated carbocycles. The molecule has 1 aromatic heterocycles. The number of aryl methyl sites for hydroxylation is 1. The Hall–Kier alpha value is -3.78. The maximum atomic E-state index is 13.8. The van der Waals surface area contributed by atoms with Gasteiger partial charge in [0, 0.05) is 31.7 Å². The summed E-state index contributed by atoms with van der Waals surface area (Å²) in [6.45, 7) is 1.70. The number of hydrogen-bond acceptors (Lipinski definition) is 5. The van der Waals surface area contributed by atoms with Crippen molar-refractivity contribution in [1.29, 1.82) is 0 Å². The summed E-state index contributed by atoms with van der Waals surface area (Å²) in [6, 6.07) is 18.5. The van der Waals surface area contributed by atoms with E-state index < -0.39 is 46.7 Å². The lowest BCUT2D eigenvalue weighted by Crippen LogP contribution is -2.60. The second-order valence-corrected chi connectivity index (χ2v) is 9.22. The molecule has 3 aromatic rings. The van der Waals surface area contributed by atoms with Crippen LogP contribution in [-0.4, -0.2) is 51.3 Å². The SMILES string of the molecule is CC(=O)C12OC(CCn3ccc4ccccc43)(C3C(=O)N(c4ccccc4)C(=O)C31)N(C)C2=O. The molecule has 4 unspecified atom stereocenters. The van der Waals surface area contributed by atoms with Crippen molar-refractivity contribution in [3.63, 3.8) is 0 Å². The van der Waals surface area contributed by atoms with Crippen LogP contribution < -0.4 is 4.90 Å². The highest BCUT2D eigenvalue weighted by molar-refractivity contribution is 6.28. The Morgan fingerprint density at radius 2 is 1.62 bits per heavy atom. The van der Waals surface area contributed by atoms with Gasteiger partial charge in [0.25, 0.3) is 5.91 Å². The number of benzene rings is 2. The Kier molecular flexibility index (Phi) is 4.20. The summed E-state index contributed by atoms with van der Waals surface area (Å²) < 4.78 is 8.31. The van der Waals surface area contributed by atoms with Gasteiger partial charge in [-0.2, -0.15) is 0 Å². The number of likely N-dealkylation sites (tertiary alicyclic amines) is 1. The summed E-state index contributed by atoms with van der Waals surface area (Å²) in [4.78, 5) is 56.2. The Labute approximate surface area is 195 Å². The minimum absolute atomic E-state index is 0.256. The maximum Gasteiger partial charge on any atom is 0.265 e. The van der Waals surface area contributed by atoms with Crippen LogP contribution in [0, 0.1) is 11.8 Å². The van der Waals surface area contributed by atoms with Gasteiger partial charge in [0.15, 0.2) is 11.5 Å². The van der Waals surface area contributed by atoms with Crippen molar-refractivity contribution in [2.45, 2.75) is 31.2 Å².